The molecule has 0 aliphatic carbocycles. The van der Waals surface area contributed by atoms with E-state index in [4.69, 9.17) is 32.7 Å². The third-order valence-electron chi connectivity index (χ3n) is 11.5. The number of amides is 1. The van der Waals surface area contributed by atoms with E-state index in [1.807, 2.05) is 6.92 Å². The highest BCUT2D eigenvalue weighted by Gasteiger charge is 2.57. The van der Waals surface area contributed by atoms with Gasteiger partial charge in [0.15, 0.2) is 5.72 Å². The average Bonchev–Trinajstić information content (AvgIpc) is 3.36. The van der Waals surface area contributed by atoms with Crippen LogP contribution in [-0.4, -0.2) is 75.4 Å². The third-order valence-corrected chi connectivity index (χ3v) is 26.1. The first-order chi connectivity index (χ1) is 23.8. The molecule has 2 aliphatic rings. The van der Waals surface area contributed by atoms with E-state index in [2.05, 4.69) is 19.6 Å². The van der Waals surface area contributed by atoms with Crippen molar-refractivity contribution in [2.75, 3.05) is 19.8 Å². The van der Waals surface area contributed by atoms with Crippen LogP contribution in [0.15, 0.2) is 60.7 Å². The number of carbonyl (C=O) groups excluding carboxylic acids is 2. The summed E-state index contributed by atoms with van der Waals surface area (Å²) in [5.41, 5.74) is -3.14. The molecule has 13 heteroatoms. The van der Waals surface area contributed by atoms with Gasteiger partial charge >= 0.3 is 5.97 Å². The summed E-state index contributed by atoms with van der Waals surface area (Å²) in [5.74, 6) is -3.19. The fraction of sp³-hybridized carbons (Fsp3) is 0.459. The molecule has 0 radical (unpaired) electrons. The Kier molecular flexibility index (Phi) is 12.2. The van der Waals surface area contributed by atoms with Gasteiger partial charge in [-0.25, -0.2) is 4.39 Å². The van der Waals surface area contributed by atoms with E-state index in [9.17, 15) is 19.8 Å². The molecule has 2 aliphatic heterocycles. The fourth-order valence-corrected chi connectivity index (χ4v) is 15.0. The predicted molar refractivity (Wildman–Crippen MR) is 205 cm³/mol. The summed E-state index contributed by atoms with van der Waals surface area (Å²) in [6, 6.07) is 14.6. The Balaban J connectivity index is 1.69. The van der Waals surface area contributed by atoms with E-state index < -0.39 is 69.5 Å². The first-order valence-corrected chi connectivity index (χ1v) is 24.8. The predicted octanol–water partition coefficient (Wildman–Crippen LogP) is 5.45. The molecule has 1 fully saturated rings. The Morgan fingerprint density at radius 2 is 1.60 bits per heavy atom. The van der Waals surface area contributed by atoms with Crippen LogP contribution in [0.3, 0.4) is 0 Å². The lowest BCUT2D eigenvalue weighted by molar-refractivity contribution is -0.153. The average molecular weight is 777 g/mol. The number of aliphatic hydroxyl groups is 2. The number of benzene rings is 3. The highest BCUT2D eigenvalue weighted by atomic mass is 35.5. The zero-order valence-corrected chi connectivity index (χ0v) is 35.2. The third kappa shape index (κ3) is 7.04. The largest absolute Gasteiger partial charge is 0.466 e. The van der Waals surface area contributed by atoms with Crippen molar-refractivity contribution in [2.45, 2.75) is 74.4 Å². The van der Waals surface area contributed by atoms with Crippen molar-refractivity contribution < 1.29 is 33.7 Å². The molecule has 2 N–H and O–H groups in total. The summed E-state index contributed by atoms with van der Waals surface area (Å²) in [5, 5.41) is 25.9. The molecule has 270 valence electrons. The molecule has 0 saturated carbocycles. The van der Waals surface area contributed by atoms with Gasteiger partial charge in [0.25, 0.3) is 5.91 Å². The van der Waals surface area contributed by atoms with Crippen LogP contribution in [0.25, 0.3) is 0 Å². The van der Waals surface area contributed by atoms with E-state index in [-0.39, 0.29) is 38.9 Å². The molecule has 0 aromatic heterocycles. The lowest BCUT2D eigenvalue weighted by atomic mass is 9.74. The summed E-state index contributed by atoms with van der Waals surface area (Å²) in [4.78, 5) is 30.2. The maximum absolute atomic E-state index is 16.8. The van der Waals surface area contributed by atoms with Gasteiger partial charge in [-0.15, -0.1) is 0 Å². The minimum Gasteiger partial charge on any atom is -0.466 e. The van der Waals surface area contributed by atoms with Crippen LogP contribution in [0.1, 0.15) is 71.8 Å². The van der Waals surface area contributed by atoms with Gasteiger partial charge in [0.2, 0.25) is 0 Å². The van der Waals surface area contributed by atoms with Gasteiger partial charge in [-0.3, -0.25) is 14.5 Å². The number of fused-ring (bicyclic) bond motifs is 1. The number of rotatable bonds is 13. The minimum atomic E-state index is -2.35. The normalized spacial score (nSPS) is 22.4. The van der Waals surface area contributed by atoms with Crippen molar-refractivity contribution >= 4 is 63.6 Å². The van der Waals surface area contributed by atoms with Crippen molar-refractivity contribution in [1.82, 2.24) is 4.90 Å². The molecule has 0 unspecified atom stereocenters. The number of hydrogen-bond acceptors (Lipinski definition) is 6. The molecule has 3 aromatic rings. The fourth-order valence-electron chi connectivity index (χ4n) is 7.84. The number of carbonyl (C=O) groups is 2. The number of esters is 1. The van der Waals surface area contributed by atoms with Crippen molar-refractivity contribution in [1.29, 1.82) is 0 Å². The summed E-state index contributed by atoms with van der Waals surface area (Å²) < 4.78 is 28.7. The Labute approximate surface area is 311 Å². The summed E-state index contributed by atoms with van der Waals surface area (Å²) >= 11 is 12.5. The van der Waals surface area contributed by atoms with E-state index >= 15 is 4.39 Å². The maximum atomic E-state index is 16.8. The van der Waals surface area contributed by atoms with Gasteiger partial charge in [-0.1, -0.05) is 74.0 Å². The van der Waals surface area contributed by atoms with Crippen LogP contribution < -0.4 is 0 Å². The Morgan fingerprint density at radius 3 is 2.14 bits per heavy atom. The topological polar surface area (TPSA) is 96.3 Å². The standard InChI is InChI=1S/C37H48Cl2FNO6Si3/c1-6-35(44,24-15-17-46-18-16-24)26-19-29-31(30(40)20-26)37(45,25-9-13-28(39)14-10-25)41(33(29)42)32(23-7-11-27(38)12-8-23)22(2)34(43)47-21-36(48-3,49-4)50-5/h7-14,19-20,22,24,32,44-45H,6,15-18,21,48-50H2,1-5H3/t22-,32-,35-,37+/m0/s1. The van der Waals surface area contributed by atoms with Crippen molar-refractivity contribution in [3.63, 3.8) is 0 Å². The zero-order chi connectivity index (χ0) is 36.4. The van der Waals surface area contributed by atoms with Gasteiger partial charge in [0.1, 0.15) is 5.82 Å². The van der Waals surface area contributed by atoms with Crippen LogP contribution in [0.5, 0.6) is 0 Å². The molecular formula is C37H48Cl2FNO6Si3. The van der Waals surface area contributed by atoms with Gasteiger partial charge in [-0.2, -0.15) is 0 Å². The molecule has 50 heavy (non-hydrogen) atoms. The molecule has 1 saturated heterocycles. The lowest BCUT2D eigenvalue weighted by Crippen LogP contribution is -2.50. The van der Waals surface area contributed by atoms with Crippen LogP contribution in [0, 0.1) is 17.7 Å². The zero-order valence-electron chi connectivity index (χ0n) is 29.5. The second-order valence-corrected chi connectivity index (χ2v) is 24.3. The smallest absolute Gasteiger partial charge is 0.311 e. The van der Waals surface area contributed by atoms with Gasteiger partial charge < -0.3 is 19.7 Å². The van der Waals surface area contributed by atoms with Crippen molar-refractivity contribution in [3.05, 3.63) is 104 Å². The number of ether oxygens (including phenoxy) is 2. The number of nitrogens with zero attached hydrogens (tertiary/aromatic N) is 1. The van der Waals surface area contributed by atoms with E-state index in [1.54, 1.807) is 55.5 Å². The molecule has 7 nitrogen and oxygen atoms in total. The van der Waals surface area contributed by atoms with Crippen LogP contribution >= 0.6 is 23.2 Å². The molecule has 2 heterocycles. The summed E-state index contributed by atoms with van der Waals surface area (Å²) in [7, 11) is -1.26. The summed E-state index contributed by atoms with van der Waals surface area (Å²) in [6.45, 7) is 11.7. The van der Waals surface area contributed by atoms with E-state index in [0.29, 0.717) is 48.3 Å². The Morgan fingerprint density at radius 1 is 1.04 bits per heavy atom. The second kappa shape index (κ2) is 15.7. The van der Waals surface area contributed by atoms with Crippen molar-refractivity contribution in [2.24, 2.45) is 11.8 Å². The maximum Gasteiger partial charge on any atom is 0.311 e. The monoisotopic (exact) mass is 775 g/mol. The molecule has 3 aromatic carbocycles. The van der Waals surface area contributed by atoms with Gasteiger partial charge in [0.05, 0.1) is 35.3 Å². The first kappa shape index (κ1) is 38.9. The molecule has 0 bridgehead atoms. The molecule has 5 rings (SSSR count). The summed E-state index contributed by atoms with van der Waals surface area (Å²) in [6.07, 6.45) is 1.45. The van der Waals surface area contributed by atoms with Crippen molar-refractivity contribution in [3.8, 4) is 0 Å². The lowest BCUT2D eigenvalue weighted by Gasteiger charge is -2.42. The number of halogens is 3. The van der Waals surface area contributed by atoms with Crippen LogP contribution in [0.4, 0.5) is 4.39 Å². The van der Waals surface area contributed by atoms with E-state index in [0.717, 1.165) is 0 Å². The van der Waals surface area contributed by atoms with Crippen LogP contribution in [0.2, 0.25) is 34.0 Å². The molecule has 1 amide bonds. The number of hydrogen-bond donors (Lipinski definition) is 2. The van der Waals surface area contributed by atoms with Gasteiger partial charge in [0, 0.05) is 57.4 Å². The molecule has 4 atom stereocenters. The Hall–Kier alpha value is -2.36. The van der Waals surface area contributed by atoms with Gasteiger partial charge in [-0.05, 0) is 83.9 Å². The highest BCUT2D eigenvalue weighted by molar-refractivity contribution is 6.79. The highest BCUT2D eigenvalue weighted by Crippen LogP contribution is 2.52. The SMILES string of the molecule is CC[C@@](O)(c1cc(F)c2c(c1)C(=O)N([C@H](c1ccc(Cl)cc1)[C@H](C)C(=O)OCC([SiH2]C)([SiH2]C)[SiH2]C)[C@@]2(O)c1ccc(Cl)cc1)C1CCOCC1. The molecular weight excluding hydrogens is 729 g/mol. The minimum absolute atomic E-state index is 0.0825. The van der Waals surface area contributed by atoms with E-state index in [1.165, 1.54) is 17.0 Å². The second-order valence-electron chi connectivity index (χ2n) is 13.9. The Bertz CT molecular complexity index is 1680. The quantitative estimate of drug-likeness (QED) is 0.177. The van der Waals surface area contributed by atoms with Crippen LogP contribution in [-0.2, 0) is 25.6 Å². The first-order valence-electron chi connectivity index (χ1n) is 17.7. The molecule has 0 spiro atoms.